The molecule has 0 aromatic carbocycles. The average Bonchev–Trinajstić information content (AvgIpc) is 2.89. The first kappa shape index (κ1) is 17.6. The summed E-state index contributed by atoms with van der Waals surface area (Å²) in [6, 6.07) is -0.304. The topological polar surface area (TPSA) is 49.9 Å². The Morgan fingerprint density at radius 3 is 2.36 bits per heavy atom. The summed E-state index contributed by atoms with van der Waals surface area (Å²) in [5, 5.41) is 0.130. The molecule has 0 saturated carbocycles. The summed E-state index contributed by atoms with van der Waals surface area (Å²) in [6.45, 7) is 10.6. The molecule has 2 amide bonds. The van der Waals surface area contributed by atoms with Gasteiger partial charge < -0.3 is 14.5 Å². The van der Waals surface area contributed by atoms with E-state index >= 15 is 0 Å². The Bertz CT molecular complexity index is 408. The van der Waals surface area contributed by atoms with Gasteiger partial charge in [0.1, 0.15) is 6.04 Å². The van der Waals surface area contributed by atoms with Gasteiger partial charge in [-0.3, -0.25) is 9.59 Å². The minimum Gasteiger partial charge on any atom is -0.378 e. The van der Waals surface area contributed by atoms with Crippen molar-refractivity contribution >= 4 is 23.6 Å². The van der Waals surface area contributed by atoms with Crippen LogP contribution in [0, 0.1) is 11.8 Å². The minimum absolute atomic E-state index is 0.0756. The van der Waals surface area contributed by atoms with E-state index in [9.17, 15) is 9.59 Å². The molecule has 0 aromatic heterocycles. The first-order chi connectivity index (χ1) is 10.4. The van der Waals surface area contributed by atoms with Crippen molar-refractivity contribution < 1.29 is 14.3 Å². The Morgan fingerprint density at radius 1 is 1.18 bits per heavy atom. The standard InChI is InChI=1S/C16H28N2O3S/c1-11(2)9-14-18(15(19)12(3)4)13(10-22-14)16(20)17-5-7-21-8-6-17/h11-14H,5-10H2,1-4H3. The third-order valence-corrected chi connectivity index (χ3v) is 5.43. The summed E-state index contributed by atoms with van der Waals surface area (Å²) in [5.74, 6) is 1.34. The van der Waals surface area contributed by atoms with Gasteiger partial charge in [-0.05, 0) is 12.3 Å². The number of morpholine rings is 1. The minimum atomic E-state index is -0.304. The molecule has 0 spiro atoms. The highest BCUT2D eigenvalue weighted by molar-refractivity contribution is 8.00. The zero-order valence-corrected chi connectivity index (χ0v) is 14.9. The number of hydrogen-bond acceptors (Lipinski definition) is 4. The van der Waals surface area contributed by atoms with Crippen molar-refractivity contribution in [3.8, 4) is 0 Å². The number of ether oxygens (including phenoxy) is 1. The number of nitrogens with zero attached hydrogens (tertiary/aromatic N) is 2. The van der Waals surface area contributed by atoms with Crippen LogP contribution in [0.3, 0.4) is 0 Å². The van der Waals surface area contributed by atoms with Crippen LogP contribution in [-0.2, 0) is 14.3 Å². The second-order valence-electron chi connectivity index (χ2n) is 6.77. The molecule has 2 fully saturated rings. The van der Waals surface area contributed by atoms with Crippen molar-refractivity contribution in [3.63, 3.8) is 0 Å². The lowest BCUT2D eigenvalue weighted by atomic mass is 10.1. The average molecular weight is 328 g/mol. The lowest BCUT2D eigenvalue weighted by Gasteiger charge is -2.35. The van der Waals surface area contributed by atoms with Gasteiger partial charge in [0.25, 0.3) is 0 Å². The van der Waals surface area contributed by atoms with E-state index in [0.717, 1.165) is 6.42 Å². The Kier molecular flexibility index (Phi) is 6.15. The number of carbonyl (C=O) groups is 2. The number of thioether (sulfide) groups is 1. The third-order valence-electron chi connectivity index (χ3n) is 4.12. The molecule has 0 bridgehead atoms. The van der Waals surface area contributed by atoms with Crippen LogP contribution in [0.15, 0.2) is 0 Å². The van der Waals surface area contributed by atoms with Gasteiger partial charge in [-0.25, -0.2) is 0 Å². The summed E-state index contributed by atoms with van der Waals surface area (Å²) in [4.78, 5) is 29.2. The molecule has 2 aliphatic rings. The van der Waals surface area contributed by atoms with E-state index in [1.54, 1.807) is 11.8 Å². The summed E-state index contributed by atoms with van der Waals surface area (Å²) in [6.07, 6.45) is 0.940. The van der Waals surface area contributed by atoms with Crippen molar-refractivity contribution in [1.82, 2.24) is 9.80 Å². The molecule has 0 aliphatic carbocycles. The maximum absolute atomic E-state index is 12.8. The fourth-order valence-corrected chi connectivity index (χ4v) is 4.57. The normalized spacial score (nSPS) is 26.1. The summed E-state index contributed by atoms with van der Waals surface area (Å²) in [7, 11) is 0. The number of rotatable bonds is 4. The largest absolute Gasteiger partial charge is 0.378 e. The highest BCUT2D eigenvalue weighted by Crippen LogP contribution is 2.35. The van der Waals surface area contributed by atoms with Gasteiger partial charge in [0.2, 0.25) is 11.8 Å². The highest BCUT2D eigenvalue weighted by atomic mass is 32.2. The number of carbonyl (C=O) groups excluding carboxylic acids is 2. The van der Waals surface area contributed by atoms with Crippen molar-refractivity contribution in [2.75, 3.05) is 32.1 Å². The van der Waals surface area contributed by atoms with Crippen LogP contribution in [-0.4, -0.2) is 65.1 Å². The van der Waals surface area contributed by atoms with Crippen molar-refractivity contribution in [2.45, 2.75) is 45.5 Å². The Labute approximate surface area is 137 Å². The number of amides is 2. The van der Waals surface area contributed by atoms with E-state index in [-0.39, 0.29) is 29.1 Å². The highest BCUT2D eigenvalue weighted by Gasteiger charge is 2.43. The van der Waals surface area contributed by atoms with Crippen LogP contribution in [0.4, 0.5) is 0 Å². The third kappa shape index (κ3) is 3.96. The van der Waals surface area contributed by atoms with Crippen LogP contribution in [0.5, 0.6) is 0 Å². The Balaban J connectivity index is 2.13. The quantitative estimate of drug-likeness (QED) is 0.790. The molecule has 2 heterocycles. The van der Waals surface area contributed by atoms with Crippen molar-refractivity contribution in [1.29, 1.82) is 0 Å². The Morgan fingerprint density at radius 2 is 1.82 bits per heavy atom. The van der Waals surface area contributed by atoms with Crippen LogP contribution in [0.1, 0.15) is 34.1 Å². The van der Waals surface area contributed by atoms with Gasteiger partial charge in [0, 0.05) is 24.8 Å². The predicted octanol–water partition coefficient (Wildman–Crippen LogP) is 1.82. The van der Waals surface area contributed by atoms with Gasteiger partial charge in [-0.15, -0.1) is 11.8 Å². The van der Waals surface area contributed by atoms with Gasteiger partial charge in [-0.1, -0.05) is 27.7 Å². The van der Waals surface area contributed by atoms with E-state index in [2.05, 4.69) is 13.8 Å². The lowest BCUT2D eigenvalue weighted by molar-refractivity contribution is -0.149. The summed E-state index contributed by atoms with van der Waals surface area (Å²) >= 11 is 1.75. The van der Waals surface area contributed by atoms with E-state index < -0.39 is 0 Å². The molecule has 2 unspecified atom stereocenters. The second kappa shape index (κ2) is 7.68. The predicted molar refractivity (Wildman–Crippen MR) is 88.6 cm³/mol. The van der Waals surface area contributed by atoms with Gasteiger partial charge in [-0.2, -0.15) is 0 Å². The number of hydrogen-bond donors (Lipinski definition) is 0. The first-order valence-corrected chi connectivity index (χ1v) is 9.27. The molecule has 0 radical (unpaired) electrons. The van der Waals surface area contributed by atoms with Gasteiger partial charge in [0.15, 0.2) is 0 Å². The summed E-state index contributed by atoms with van der Waals surface area (Å²) in [5.41, 5.74) is 0. The second-order valence-corrected chi connectivity index (χ2v) is 7.98. The molecule has 2 saturated heterocycles. The van der Waals surface area contributed by atoms with E-state index in [1.807, 2.05) is 23.6 Å². The fraction of sp³-hybridized carbons (Fsp3) is 0.875. The van der Waals surface area contributed by atoms with E-state index in [1.165, 1.54) is 0 Å². The lowest BCUT2D eigenvalue weighted by Crippen LogP contribution is -2.54. The van der Waals surface area contributed by atoms with Crippen LogP contribution < -0.4 is 0 Å². The van der Waals surface area contributed by atoms with Crippen molar-refractivity contribution in [2.24, 2.45) is 11.8 Å². The van der Waals surface area contributed by atoms with Crippen LogP contribution >= 0.6 is 11.8 Å². The van der Waals surface area contributed by atoms with Gasteiger partial charge in [0.05, 0.1) is 18.6 Å². The molecular weight excluding hydrogens is 300 g/mol. The monoisotopic (exact) mass is 328 g/mol. The summed E-state index contributed by atoms with van der Waals surface area (Å²) < 4.78 is 5.32. The first-order valence-electron chi connectivity index (χ1n) is 8.22. The molecule has 2 rings (SSSR count). The SMILES string of the molecule is CC(C)CC1SCC(C(=O)N2CCOCC2)N1C(=O)C(C)C. The molecule has 2 atom stereocenters. The zero-order chi connectivity index (χ0) is 16.3. The molecule has 126 valence electrons. The molecule has 0 aromatic rings. The smallest absolute Gasteiger partial charge is 0.246 e. The van der Waals surface area contributed by atoms with Gasteiger partial charge >= 0.3 is 0 Å². The van der Waals surface area contributed by atoms with Crippen molar-refractivity contribution in [3.05, 3.63) is 0 Å². The fourth-order valence-electron chi connectivity index (χ4n) is 2.93. The van der Waals surface area contributed by atoms with E-state index in [4.69, 9.17) is 4.74 Å². The Hall–Kier alpha value is -0.750. The maximum Gasteiger partial charge on any atom is 0.246 e. The molecular formula is C16H28N2O3S. The molecule has 5 nitrogen and oxygen atoms in total. The molecule has 0 N–H and O–H groups in total. The maximum atomic E-state index is 12.8. The van der Waals surface area contributed by atoms with Crippen LogP contribution in [0.2, 0.25) is 0 Å². The van der Waals surface area contributed by atoms with E-state index in [0.29, 0.717) is 38.0 Å². The van der Waals surface area contributed by atoms with Crippen LogP contribution in [0.25, 0.3) is 0 Å². The molecule has 6 heteroatoms. The molecule has 22 heavy (non-hydrogen) atoms. The zero-order valence-electron chi connectivity index (χ0n) is 14.1. The molecule has 2 aliphatic heterocycles.